The second-order valence-corrected chi connectivity index (χ2v) is 10.2. The first-order chi connectivity index (χ1) is 14.5. The third kappa shape index (κ3) is 3.56. The van der Waals surface area contributed by atoms with Gasteiger partial charge in [0, 0.05) is 24.6 Å². The lowest BCUT2D eigenvalue weighted by Gasteiger charge is -2.29. The lowest BCUT2D eigenvalue weighted by molar-refractivity contribution is 0.307. The van der Waals surface area contributed by atoms with Gasteiger partial charge in [-0.2, -0.15) is 9.29 Å². The Kier molecular flexibility index (Phi) is 4.95. The van der Waals surface area contributed by atoms with E-state index in [-0.39, 0.29) is 5.92 Å². The Bertz CT molecular complexity index is 1160. The zero-order valence-corrected chi connectivity index (χ0v) is 17.9. The molecule has 0 spiro atoms. The van der Waals surface area contributed by atoms with E-state index in [1.54, 1.807) is 10.4 Å². The first-order valence-electron chi connectivity index (χ1n) is 10.5. The second-order valence-electron chi connectivity index (χ2n) is 8.29. The highest BCUT2D eigenvalue weighted by Gasteiger charge is 2.32. The van der Waals surface area contributed by atoms with Crippen molar-refractivity contribution >= 4 is 10.0 Å². The van der Waals surface area contributed by atoms with Gasteiger partial charge in [-0.25, -0.2) is 8.42 Å². The van der Waals surface area contributed by atoms with Crippen LogP contribution in [0.25, 0.3) is 11.5 Å². The summed E-state index contributed by atoms with van der Waals surface area (Å²) in [5.41, 5.74) is 4.54. The topological polar surface area (TPSA) is 76.3 Å². The number of piperidine rings is 1. The highest BCUT2D eigenvalue weighted by Crippen LogP contribution is 2.32. The molecule has 0 radical (unpaired) electrons. The molecule has 1 aliphatic carbocycles. The van der Waals surface area contributed by atoms with Crippen molar-refractivity contribution in [2.75, 3.05) is 13.1 Å². The number of rotatable bonds is 4. The Balaban J connectivity index is 1.28. The van der Waals surface area contributed by atoms with Crippen LogP contribution >= 0.6 is 0 Å². The lowest BCUT2D eigenvalue weighted by atomic mass is 9.97. The van der Waals surface area contributed by atoms with E-state index in [1.807, 2.05) is 43.3 Å². The summed E-state index contributed by atoms with van der Waals surface area (Å²) in [6.45, 7) is 2.98. The van der Waals surface area contributed by atoms with Gasteiger partial charge in [0.1, 0.15) is 0 Å². The zero-order chi connectivity index (χ0) is 20.7. The van der Waals surface area contributed by atoms with Crippen LogP contribution in [0, 0.1) is 6.92 Å². The summed E-state index contributed by atoms with van der Waals surface area (Å²) in [4.78, 5) is 4.99. The molecule has 3 aromatic rings. The number of benzene rings is 2. The molecule has 2 aromatic carbocycles. The third-order valence-corrected chi connectivity index (χ3v) is 8.16. The van der Waals surface area contributed by atoms with Crippen molar-refractivity contribution in [1.29, 1.82) is 0 Å². The van der Waals surface area contributed by atoms with Gasteiger partial charge < -0.3 is 4.52 Å². The number of aromatic nitrogens is 2. The molecule has 5 rings (SSSR count). The van der Waals surface area contributed by atoms with Crippen molar-refractivity contribution in [3.8, 4) is 11.5 Å². The molecule has 1 saturated heterocycles. The Morgan fingerprint density at radius 1 is 1.00 bits per heavy atom. The summed E-state index contributed by atoms with van der Waals surface area (Å²) in [5, 5.41) is 4.17. The van der Waals surface area contributed by atoms with Gasteiger partial charge in [-0.15, -0.1) is 0 Å². The van der Waals surface area contributed by atoms with E-state index in [0.717, 1.165) is 24.8 Å². The molecule has 1 aliphatic heterocycles. The van der Waals surface area contributed by atoms with Crippen LogP contribution in [0.15, 0.2) is 51.9 Å². The molecule has 6 nitrogen and oxygen atoms in total. The smallest absolute Gasteiger partial charge is 0.257 e. The fourth-order valence-electron chi connectivity index (χ4n) is 4.43. The molecule has 0 unspecified atom stereocenters. The average Bonchev–Trinajstić information content (AvgIpc) is 3.43. The average molecular weight is 424 g/mol. The number of aryl methyl sites for hydroxylation is 3. The molecule has 0 amide bonds. The summed E-state index contributed by atoms with van der Waals surface area (Å²) in [5.74, 6) is 1.29. The maximum absolute atomic E-state index is 13.1. The lowest BCUT2D eigenvalue weighted by Crippen LogP contribution is -2.38. The van der Waals surface area contributed by atoms with E-state index in [9.17, 15) is 8.42 Å². The van der Waals surface area contributed by atoms with Gasteiger partial charge in [0.15, 0.2) is 5.82 Å². The van der Waals surface area contributed by atoms with E-state index < -0.39 is 10.0 Å². The molecular weight excluding hydrogens is 398 g/mol. The molecule has 0 N–H and O–H groups in total. The van der Waals surface area contributed by atoms with Gasteiger partial charge in [-0.3, -0.25) is 0 Å². The molecule has 1 aromatic heterocycles. The quantitative estimate of drug-likeness (QED) is 0.631. The highest BCUT2D eigenvalue weighted by molar-refractivity contribution is 7.89. The maximum Gasteiger partial charge on any atom is 0.257 e. The molecule has 1 fully saturated rings. The Labute approximate surface area is 177 Å². The normalized spacial score (nSPS) is 17.9. The predicted octanol–water partition coefficient (Wildman–Crippen LogP) is 4.10. The van der Waals surface area contributed by atoms with Gasteiger partial charge in [-0.05, 0) is 74.4 Å². The summed E-state index contributed by atoms with van der Waals surface area (Å²) < 4.78 is 33.3. The van der Waals surface area contributed by atoms with Crippen molar-refractivity contribution in [3.05, 3.63) is 65.0 Å². The summed E-state index contributed by atoms with van der Waals surface area (Å²) in [7, 11) is -3.46. The number of hydrogen-bond donors (Lipinski definition) is 0. The molecule has 0 atom stereocenters. The molecule has 30 heavy (non-hydrogen) atoms. The van der Waals surface area contributed by atoms with Crippen LogP contribution in [0.4, 0.5) is 0 Å². The molecule has 0 bridgehead atoms. The van der Waals surface area contributed by atoms with Gasteiger partial charge in [-0.1, -0.05) is 28.9 Å². The predicted molar refractivity (Wildman–Crippen MR) is 114 cm³/mol. The zero-order valence-electron chi connectivity index (χ0n) is 17.0. The largest absolute Gasteiger partial charge is 0.334 e. The van der Waals surface area contributed by atoms with Crippen molar-refractivity contribution in [3.63, 3.8) is 0 Å². The maximum atomic E-state index is 13.1. The third-order valence-electron chi connectivity index (χ3n) is 6.27. The number of sulfonamides is 1. The van der Waals surface area contributed by atoms with Crippen LogP contribution in [0.2, 0.25) is 0 Å². The van der Waals surface area contributed by atoms with E-state index in [4.69, 9.17) is 4.52 Å². The van der Waals surface area contributed by atoms with Gasteiger partial charge in [0.25, 0.3) is 5.89 Å². The van der Waals surface area contributed by atoms with Crippen molar-refractivity contribution in [2.45, 2.75) is 49.8 Å². The molecule has 2 heterocycles. The van der Waals surface area contributed by atoms with Crippen molar-refractivity contribution in [1.82, 2.24) is 14.4 Å². The monoisotopic (exact) mass is 423 g/mol. The Hall–Kier alpha value is -2.51. The number of hydrogen-bond acceptors (Lipinski definition) is 5. The molecule has 0 saturated carbocycles. The molecular formula is C23H25N3O3S. The Morgan fingerprint density at radius 2 is 1.73 bits per heavy atom. The minimum absolute atomic E-state index is 0.111. The SMILES string of the molecule is Cc1ccc(-c2nc(C3CCN(S(=O)(=O)c4ccc5c(c4)CCC5)CC3)no2)cc1. The minimum Gasteiger partial charge on any atom is -0.334 e. The van der Waals surface area contributed by atoms with Gasteiger partial charge in [0.05, 0.1) is 4.90 Å². The number of fused-ring (bicyclic) bond motifs is 1. The molecule has 7 heteroatoms. The minimum atomic E-state index is -3.46. The van der Waals surface area contributed by atoms with Crippen LogP contribution < -0.4 is 0 Å². The van der Waals surface area contributed by atoms with Crippen LogP contribution in [0.1, 0.15) is 47.7 Å². The Morgan fingerprint density at radius 3 is 2.50 bits per heavy atom. The molecule has 156 valence electrons. The van der Waals surface area contributed by atoms with E-state index in [1.165, 1.54) is 16.7 Å². The van der Waals surface area contributed by atoms with E-state index >= 15 is 0 Å². The van der Waals surface area contributed by atoms with Crippen LogP contribution in [0.3, 0.4) is 0 Å². The first-order valence-corrected chi connectivity index (χ1v) is 12.0. The van der Waals surface area contributed by atoms with Crippen LogP contribution in [-0.4, -0.2) is 36.0 Å². The fraction of sp³-hybridized carbons (Fsp3) is 0.391. The first kappa shape index (κ1) is 19.5. The van der Waals surface area contributed by atoms with Crippen LogP contribution in [-0.2, 0) is 22.9 Å². The van der Waals surface area contributed by atoms with Crippen LogP contribution in [0.5, 0.6) is 0 Å². The summed E-state index contributed by atoms with van der Waals surface area (Å²) in [6, 6.07) is 13.6. The standard InChI is InChI=1S/C23H25N3O3S/c1-16-5-7-19(8-6-16)23-24-22(25-29-23)18-11-13-26(14-12-18)30(27,28)21-10-9-17-3-2-4-20(17)15-21/h5-10,15,18H,2-4,11-14H2,1H3. The number of nitrogens with zero attached hydrogens (tertiary/aromatic N) is 3. The molecule has 2 aliphatic rings. The summed E-state index contributed by atoms with van der Waals surface area (Å²) >= 11 is 0. The van der Waals surface area contributed by atoms with E-state index in [0.29, 0.717) is 42.5 Å². The van der Waals surface area contributed by atoms with Crippen molar-refractivity contribution < 1.29 is 12.9 Å². The van der Waals surface area contributed by atoms with Crippen molar-refractivity contribution in [2.24, 2.45) is 0 Å². The van der Waals surface area contributed by atoms with Gasteiger partial charge >= 0.3 is 0 Å². The van der Waals surface area contributed by atoms with E-state index in [2.05, 4.69) is 10.1 Å². The van der Waals surface area contributed by atoms with Gasteiger partial charge in [0.2, 0.25) is 10.0 Å². The highest BCUT2D eigenvalue weighted by atomic mass is 32.2. The fourth-order valence-corrected chi connectivity index (χ4v) is 5.95. The second kappa shape index (κ2) is 7.63. The summed E-state index contributed by atoms with van der Waals surface area (Å²) in [6.07, 6.45) is 4.52.